The number of carboxylic acid groups (broad SMARTS) is 2. The van der Waals surface area contributed by atoms with Crippen LogP contribution in [-0.2, 0) is 9.59 Å². The second-order valence-electron chi connectivity index (χ2n) is 6.66. The third kappa shape index (κ3) is 6.23. The first-order valence-corrected chi connectivity index (χ1v) is 9.80. The molecule has 1 aromatic heterocycles. The summed E-state index contributed by atoms with van der Waals surface area (Å²) in [7, 11) is 0. The van der Waals surface area contributed by atoms with E-state index in [0.717, 1.165) is 29.6 Å². The summed E-state index contributed by atoms with van der Waals surface area (Å²) in [5.74, 6) is -2.51. The number of carbonyl (C=O) groups is 2. The molecule has 2 N–H and O–H groups in total. The predicted octanol–water partition coefficient (Wildman–Crippen LogP) is 4.02. The largest absolute Gasteiger partial charge is 0.478 e. The van der Waals surface area contributed by atoms with Crippen molar-refractivity contribution in [1.82, 2.24) is 4.90 Å². The number of aliphatic carboxylic acids is 2. The highest BCUT2D eigenvalue weighted by atomic mass is 32.1. The maximum absolute atomic E-state index is 10.8. The summed E-state index contributed by atoms with van der Waals surface area (Å²) in [5, 5.41) is 29.7. The van der Waals surface area contributed by atoms with Crippen LogP contribution in [0.5, 0.6) is 0 Å². The molecule has 2 aromatic rings. The van der Waals surface area contributed by atoms with Gasteiger partial charge in [-0.2, -0.15) is 0 Å². The molecule has 1 aliphatic heterocycles. The Bertz CT molecular complexity index is 961. The lowest BCUT2D eigenvalue weighted by molar-refractivity contribution is -0.384. The highest BCUT2D eigenvalue weighted by Gasteiger charge is 2.18. The minimum absolute atomic E-state index is 0.166. The third-order valence-corrected chi connectivity index (χ3v) is 5.40. The molecule has 1 aromatic carbocycles. The molecule has 0 amide bonds. The smallest absolute Gasteiger partial charge is 0.328 e. The summed E-state index contributed by atoms with van der Waals surface area (Å²) in [6.07, 6.45) is 4.46. The maximum Gasteiger partial charge on any atom is 0.328 e. The Labute approximate surface area is 171 Å². The van der Waals surface area contributed by atoms with Crippen molar-refractivity contribution in [2.24, 2.45) is 0 Å². The van der Waals surface area contributed by atoms with Gasteiger partial charge in [-0.1, -0.05) is 6.08 Å². The van der Waals surface area contributed by atoms with Gasteiger partial charge in [0.05, 0.1) is 4.92 Å². The first-order chi connectivity index (χ1) is 13.7. The highest BCUT2D eigenvalue weighted by Crippen LogP contribution is 2.35. The zero-order chi connectivity index (χ0) is 21.6. The van der Waals surface area contributed by atoms with E-state index < -0.39 is 11.9 Å². The number of rotatable bonds is 5. The highest BCUT2D eigenvalue weighted by molar-refractivity contribution is 7.17. The van der Waals surface area contributed by atoms with Crippen molar-refractivity contribution in [3.05, 3.63) is 57.5 Å². The molecule has 0 spiro atoms. The van der Waals surface area contributed by atoms with Gasteiger partial charge in [0, 0.05) is 53.5 Å². The molecule has 0 fully saturated rings. The van der Waals surface area contributed by atoms with Gasteiger partial charge in [0.25, 0.3) is 5.69 Å². The molecule has 1 aliphatic rings. The molecule has 0 unspecified atom stereocenters. The van der Waals surface area contributed by atoms with Crippen LogP contribution in [0.1, 0.15) is 25.8 Å². The van der Waals surface area contributed by atoms with Crippen LogP contribution in [0.4, 0.5) is 5.69 Å². The second-order valence-corrected chi connectivity index (χ2v) is 7.58. The maximum atomic E-state index is 10.8. The van der Waals surface area contributed by atoms with Gasteiger partial charge in [0.2, 0.25) is 0 Å². The Morgan fingerprint density at radius 3 is 2.38 bits per heavy atom. The minimum Gasteiger partial charge on any atom is -0.478 e. The summed E-state index contributed by atoms with van der Waals surface area (Å²) in [4.78, 5) is 32.1. The molecule has 3 rings (SSSR count). The van der Waals surface area contributed by atoms with E-state index in [4.69, 9.17) is 10.2 Å². The van der Waals surface area contributed by atoms with Crippen molar-refractivity contribution in [3.63, 3.8) is 0 Å². The molecule has 0 saturated heterocycles. The first-order valence-electron chi connectivity index (χ1n) is 8.92. The molecule has 0 bridgehead atoms. The number of nitro benzene ring substituents is 1. The number of fused-ring (bicyclic) bond motifs is 1. The van der Waals surface area contributed by atoms with Crippen molar-refractivity contribution >= 4 is 44.6 Å². The Morgan fingerprint density at radius 1 is 1.24 bits per heavy atom. The average Bonchev–Trinajstić information content (AvgIpc) is 3.10. The van der Waals surface area contributed by atoms with Gasteiger partial charge in [0.15, 0.2) is 0 Å². The quantitative estimate of drug-likeness (QED) is 0.427. The zero-order valence-corrected chi connectivity index (χ0v) is 16.9. The number of thiophene rings is 1. The summed E-state index contributed by atoms with van der Waals surface area (Å²) < 4.78 is 0.992. The molecule has 2 heterocycles. The first kappa shape index (κ1) is 22.3. The van der Waals surface area contributed by atoms with E-state index in [-0.39, 0.29) is 10.6 Å². The summed E-state index contributed by atoms with van der Waals surface area (Å²) in [6, 6.07) is 5.73. The second kappa shape index (κ2) is 9.94. The van der Waals surface area contributed by atoms with Crippen LogP contribution < -0.4 is 0 Å². The fourth-order valence-electron chi connectivity index (χ4n) is 2.92. The average molecular weight is 418 g/mol. The van der Waals surface area contributed by atoms with Crippen molar-refractivity contribution in [2.45, 2.75) is 26.3 Å². The number of hydrogen-bond acceptors (Lipinski definition) is 6. The number of non-ortho nitro benzene ring substituents is 1. The fourth-order valence-corrected chi connectivity index (χ4v) is 3.94. The van der Waals surface area contributed by atoms with Gasteiger partial charge < -0.3 is 10.2 Å². The minimum atomic E-state index is -1.26. The summed E-state index contributed by atoms with van der Waals surface area (Å²) >= 11 is 1.59. The standard InChI is InChI=1S/C16H18N2O2S.C4H4O4/c1-11(2)17-7-5-12(6-8-17)15-10-21-16-9-13(18(19)20)3-4-14(15)16;5-3(6)1-2-4(7)8/h3-5,9-11H,6-8H2,1-2H3;1-2H,(H,5,6)(H,7,8). The lowest BCUT2D eigenvalue weighted by atomic mass is 9.98. The van der Waals surface area contributed by atoms with Crippen LogP contribution >= 0.6 is 11.3 Å². The monoisotopic (exact) mass is 418 g/mol. The summed E-state index contributed by atoms with van der Waals surface area (Å²) in [5.41, 5.74) is 2.78. The van der Waals surface area contributed by atoms with E-state index in [9.17, 15) is 19.7 Å². The van der Waals surface area contributed by atoms with Crippen LogP contribution in [0.2, 0.25) is 0 Å². The number of nitrogens with zero attached hydrogens (tertiary/aromatic N) is 2. The van der Waals surface area contributed by atoms with Crippen LogP contribution in [0.15, 0.2) is 41.8 Å². The van der Waals surface area contributed by atoms with E-state index in [1.165, 1.54) is 11.1 Å². The van der Waals surface area contributed by atoms with Gasteiger partial charge in [-0.3, -0.25) is 15.0 Å². The van der Waals surface area contributed by atoms with Gasteiger partial charge >= 0.3 is 11.9 Å². The van der Waals surface area contributed by atoms with Crippen molar-refractivity contribution in [3.8, 4) is 0 Å². The van der Waals surface area contributed by atoms with Crippen LogP contribution in [0.3, 0.4) is 0 Å². The Morgan fingerprint density at radius 2 is 1.90 bits per heavy atom. The Hall–Kier alpha value is -3.04. The molecule has 0 aliphatic carbocycles. The number of carboxylic acids is 2. The predicted molar refractivity (Wildman–Crippen MR) is 112 cm³/mol. The molecule has 29 heavy (non-hydrogen) atoms. The van der Waals surface area contributed by atoms with E-state index in [2.05, 4.69) is 30.2 Å². The molecule has 0 atom stereocenters. The summed E-state index contributed by atoms with van der Waals surface area (Å²) in [6.45, 7) is 6.50. The van der Waals surface area contributed by atoms with E-state index in [0.29, 0.717) is 18.2 Å². The van der Waals surface area contributed by atoms with E-state index >= 15 is 0 Å². The zero-order valence-electron chi connectivity index (χ0n) is 16.1. The van der Waals surface area contributed by atoms with Crippen LogP contribution in [0, 0.1) is 10.1 Å². The molecule has 0 radical (unpaired) electrons. The molecular formula is C20H22N2O6S. The van der Waals surface area contributed by atoms with Crippen LogP contribution in [-0.4, -0.2) is 51.1 Å². The SMILES string of the molecule is CC(C)N1CC=C(c2csc3cc([N+](=O)[O-])ccc23)CC1.O=C(O)C=CC(=O)O. The van der Waals surface area contributed by atoms with Gasteiger partial charge in [0.1, 0.15) is 0 Å². The van der Waals surface area contributed by atoms with Gasteiger partial charge in [-0.15, -0.1) is 11.3 Å². The topological polar surface area (TPSA) is 121 Å². The van der Waals surface area contributed by atoms with Gasteiger partial charge in [-0.05, 0) is 42.9 Å². The Balaban J connectivity index is 0.000000321. The number of nitro groups is 1. The van der Waals surface area contributed by atoms with Crippen LogP contribution in [0.25, 0.3) is 15.7 Å². The Kier molecular flexibility index (Phi) is 7.63. The number of benzene rings is 1. The van der Waals surface area contributed by atoms with Crippen molar-refractivity contribution in [2.75, 3.05) is 13.1 Å². The third-order valence-electron chi connectivity index (χ3n) is 4.46. The van der Waals surface area contributed by atoms with Gasteiger partial charge in [-0.25, -0.2) is 9.59 Å². The molecule has 9 heteroatoms. The normalized spacial score (nSPS) is 14.5. The molecule has 154 valence electrons. The number of hydrogen-bond donors (Lipinski definition) is 2. The molecule has 8 nitrogen and oxygen atoms in total. The van der Waals surface area contributed by atoms with E-state index in [1.807, 2.05) is 6.07 Å². The molecular weight excluding hydrogens is 396 g/mol. The lowest BCUT2D eigenvalue weighted by Gasteiger charge is -2.29. The van der Waals surface area contributed by atoms with E-state index in [1.54, 1.807) is 23.5 Å². The fraction of sp³-hybridized carbons (Fsp3) is 0.300. The lowest BCUT2D eigenvalue weighted by Crippen LogP contribution is -2.34. The van der Waals surface area contributed by atoms with Crippen molar-refractivity contribution in [1.29, 1.82) is 0 Å². The van der Waals surface area contributed by atoms with Crippen molar-refractivity contribution < 1.29 is 24.7 Å². The molecule has 0 saturated carbocycles.